The van der Waals surface area contributed by atoms with Crippen molar-refractivity contribution in [1.82, 2.24) is 19.5 Å². The van der Waals surface area contributed by atoms with E-state index in [2.05, 4.69) is 21.9 Å². The van der Waals surface area contributed by atoms with E-state index < -0.39 is 0 Å². The number of H-pyrrole nitrogens is 1. The third-order valence-electron chi connectivity index (χ3n) is 3.53. The molecule has 0 bridgehead atoms. The molecule has 20 heavy (non-hydrogen) atoms. The van der Waals surface area contributed by atoms with Gasteiger partial charge >= 0.3 is 0 Å². The second kappa shape index (κ2) is 4.88. The van der Waals surface area contributed by atoms with Gasteiger partial charge in [-0.05, 0) is 6.42 Å². The molecule has 3 atom stereocenters. The maximum atomic E-state index is 11.8. The number of aromatic nitrogens is 4. The summed E-state index contributed by atoms with van der Waals surface area (Å²) in [5.74, 6) is 0.346. The monoisotopic (exact) mass is 279 g/mol. The molecule has 0 spiro atoms. The van der Waals surface area contributed by atoms with E-state index in [-0.39, 0.29) is 35.3 Å². The van der Waals surface area contributed by atoms with Gasteiger partial charge in [0.25, 0.3) is 5.56 Å². The molecule has 3 rings (SSSR count). The van der Waals surface area contributed by atoms with Gasteiger partial charge in [0.05, 0.1) is 19.0 Å². The fourth-order valence-electron chi connectivity index (χ4n) is 2.68. The minimum atomic E-state index is -0.342. The van der Waals surface area contributed by atoms with Crippen LogP contribution in [0.4, 0.5) is 5.95 Å². The number of imidazole rings is 1. The van der Waals surface area contributed by atoms with E-state index in [1.165, 1.54) is 0 Å². The number of anilines is 1. The average molecular weight is 279 g/mol. The van der Waals surface area contributed by atoms with Gasteiger partial charge in [-0.1, -0.05) is 6.92 Å². The highest BCUT2D eigenvalue weighted by atomic mass is 16.5. The zero-order chi connectivity index (χ0) is 14.3. The number of rotatable bonds is 3. The Morgan fingerprint density at radius 3 is 3.20 bits per heavy atom. The van der Waals surface area contributed by atoms with Crippen molar-refractivity contribution in [2.45, 2.75) is 25.7 Å². The van der Waals surface area contributed by atoms with Gasteiger partial charge in [-0.15, -0.1) is 0 Å². The molecule has 1 saturated heterocycles. The number of aromatic amines is 1. The number of nitrogens with zero attached hydrogens (tertiary/aromatic N) is 3. The molecule has 1 aliphatic rings. The quantitative estimate of drug-likeness (QED) is 0.835. The van der Waals surface area contributed by atoms with Crippen LogP contribution in [-0.2, 0) is 9.47 Å². The summed E-state index contributed by atoms with van der Waals surface area (Å²) in [7, 11) is 1.65. The Balaban J connectivity index is 2.01. The molecular formula is C12H17N5O3. The van der Waals surface area contributed by atoms with E-state index in [4.69, 9.17) is 15.2 Å². The van der Waals surface area contributed by atoms with E-state index >= 15 is 0 Å². The number of nitrogen functional groups attached to an aromatic ring is 1. The highest BCUT2D eigenvalue weighted by Crippen LogP contribution is 2.35. The predicted molar refractivity (Wildman–Crippen MR) is 72.1 cm³/mol. The highest BCUT2D eigenvalue weighted by Gasteiger charge is 2.34. The second-order valence-corrected chi connectivity index (χ2v) is 5.09. The molecule has 8 nitrogen and oxygen atoms in total. The highest BCUT2D eigenvalue weighted by molar-refractivity contribution is 5.70. The number of ether oxygens (including phenoxy) is 2. The molecule has 1 fully saturated rings. The first kappa shape index (κ1) is 13.1. The molecule has 3 heterocycles. The van der Waals surface area contributed by atoms with Crippen molar-refractivity contribution in [2.75, 3.05) is 19.5 Å². The molecule has 3 N–H and O–H groups in total. The number of methoxy groups -OCH3 is 1. The van der Waals surface area contributed by atoms with Crippen LogP contribution in [0.1, 0.15) is 19.6 Å². The lowest BCUT2D eigenvalue weighted by molar-refractivity contribution is -0.0375. The van der Waals surface area contributed by atoms with Crippen LogP contribution in [0.2, 0.25) is 0 Å². The Kier molecular flexibility index (Phi) is 3.19. The van der Waals surface area contributed by atoms with Crippen LogP contribution in [0, 0.1) is 5.92 Å². The Bertz CT molecular complexity index is 679. The lowest BCUT2D eigenvalue weighted by Gasteiger charge is -2.17. The van der Waals surface area contributed by atoms with Gasteiger partial charge < -0.3 is 15.2 Å². The molecule has 0 radical (unpaired) electrons. The van der Waals surface area contributed by atoms with Crippen molar-refractivity contribution in [2.24, 2.45) is 5.92 Å². The fourth-order valence-corrected chi connectivity index (χ4v) is 2.68. The van der Waals surface area contributed by atoms with Gasteiger partial charge in [0.1, 0.15) is 6.23 Å². The molecular weight excluding hydrogens is 262 g/mol. The largest absolute Gasteiger partial charge is 0.382 e. The molecule has 8 heteroatoms. The van der Waals surface area contributed by atoms with Gasteiger partial charge in [-0.3, -0.25) is 14.3 Å². The van der Waals surface area contributed by atoms with E-state index in [0.29, 0.717) is 12.3 Å². The second-order valence-electron chi connectivity index (χ2n) is 5.09. The van der Waals surface area contributed by atoms with Crippen LogP contribution in [0.25, 0.3) is 11.2 Å². The number of nitrogens with one attached hydrogen (secondary N) is 1. The molecule has 2 aromatic heterocycles. The molecule has 0 aliphatic carbocycles. The third-order valence-corrected chi connectivity index (χ3v) is 3.53. The maximum absolute atomic E-state index is 11.8. The standard InChI is InChI=1S/C12H17N5O3/c1-6-3-7(4-19-2)20-11(6)17-5-14-8-9(17)15-12(13)16-10(8)18/h5-7,11H,3-4H2,1-2H3,(H3,13,15,16,18)/t6-,7-,11+/m0/s1. The number of fused-ring (bicyclic) bond motifs is 1. The van der Waals surface area contributed by atoms with Crippen molar-refractivity contribution in [3.8, 4) is 0 Å². The van der Waals surface area contributed by atoms with Crippen molar-refractivity contribution in [3.05, 3.63) is 16.7 Å². The van der Waals surface area contributed by atoms with E-state index in [0.717, 1.165) is 6.42 Å². The van der Waals surface area contributed by atoms with Crippen LogP contribution in [-0.4, -0.2) is 39.3 Å². The average Bonchev–Trinajstić information content (AvgIpc) is 2.93. The first-order valence-corrected chi connectivity index (χ1v) is 6.47. The minimum absolute atomic E-state index is 0.0387. The van der Waals surface area contributed by atoms with Gasteiger partial charge in [-0.2, -0.15) is 4.98 Å². The minimum Gasteiger partial charge on any atom is -0.382 e. The Morgan fingerprint density at radius 1 is 1.65 bits per heavy atom. The molecule has 1 aliphatic heterocycles. The van der Waals surface area contributed by atoms with Crippen molar-refractivity contribution in [1.29, 1.82) is 0 Å². The summed E-state index contributed by atoms with van der Waals surface area (Å²) < 4.78 is 12.8. The number of nitrogens with two attached hydrogens (primary N) is 1. The van der Waals surface area contributed by atoms with Crippen LogP contribution < -0.4 is 11.3 Å². The summed E-state index contributed by atoms with van der Waals surface area (Å²) in [6, 6.07) is 0. The third kappa shape index (κ3) is 2.06. The molecule has 0 amide bonds. The summed E-state index contributed by atoms with van der Waals surface area (Å²) in [5, 5.41) is 0. The van der Waals surface area contributed by atoms with Gasteiger partial charge in [-0.25, -0.2) is 4.98 Å². The summed E-state index contributed by atoms with van der Waals surface area (Å²) in [6.45, 7) is 2.63. The molecule has 0 unspecified atom stereocenters. The zero-order valence-corrected chi connectivity index (χ0v) is 11.4. The summed E-state index contributed by atoms with van der Waals surface area (Å²) in [6.07, 6.45) is 2.28. The molecule has 2 aromatic rings. The summed E-state index contributed by atoms with van der Waals surface area (Å²) in [5.41, 5.74) is 5.96. The lowest BCUT2D eigenvalue weighted by atomic mass is 10.1. The van der Waals surface area contributed by atoms with Gasteiger partial charge in [0.2, 0.25) is 5.95 Å². The summed E-state index contributed by atoms with van der Waals surface area (Å²) >= 11 is 0. The van der Waals surface area contributed by atoms with Gasteiger partial charge in [0.15, 0.2) is 11.2 Å². The number of hydrogen-bond donors (Lipinski definition) is 2. The van der Waals surface area contributed by atoms with Crippen LogP contribution in [0.3, 0.4) is 0 Å². The lowest BCUT2D eigenvalue weighted by Crippen LogP contribution is -2.17. The van der Waals surface area contributed by atoms with Crippen molar-refractivity contribution < 1.29 is 9.47 Å². The van der Waals surface area contributed by atoms with Gasteiger partial charge in [0, 0.05) is 13.0 Å². The van der Waals surface area contributed by atoms with Crippen molar-refractivity contribution in [3.63, 3.8) is 0 Å². The van der Waals surface area contributed by atoms with E-state index in [1.54, 1.807) is 18.0 Å². The first-order valence-electron chi connectivity index (χ1n) is 6.47. The summed E-state index contributed by atoms with van der Waals surface area (Å²) in [4.78, 5) is 22.5. The van der Waals surface area contributed by atoms with Crippen LogP contribution in [0.5, 0.6) is 0 Å². The molecule has 0 saturated carbocycles. The zero-order valence-electron chi connectivity index (χ0n) is 11.4. The van der Waals surface area contributed by atoms with Crippen LogP contribution in [0.15, 0.2) is 11.1 Å². The Morgan fingerprint density at radius 2 is 2.45 bits per heavy atom. The SMILES string of the molecule is COC[C@@H]1C[C@H](C)[C@H](n2cnc3c(=O)[nH]c(N)nc32)O1. The van der Waals surface area contributed by atoms with E-state index in [9.17, 15) is 4.79 Å². The topological polar surface area (TPSA) is 108 Å². The predicted octanol–water partition coefficient (Wildman–Crippen LogP) is 0.272. The number of hydrogen-bond acceptors (Lipinski definition) is 6. The normalized spacial score (nSPS) is 26.4. The first-order chi connectivity index (χ1) is 9.60. The Labute approximate surface area is 114 Å². The maximum Gasteiger partial charge on any atom is 0.280 e. The smallest absolute Gasteiger partial charge is 0.280 e. The fraction of sp³-hybridized carbons (Fsp3) is 0.583. The Hall–Kier alpha value is -1.93. The van der Waals surface area contributed by atoms with Crippen molar-refractivity contribution >= 4 is 17.1 Å². The molecule has 0 aromatic carbocycles. The van der Waals surface area contributed by atoms with E-state index in [1.807, 2.05) is 0 Å². The van der Waals surface area contributed by atoms with Crippen LogP contribution >= 0.6 is 0 Å². The molecule has 108 valence electrons.